The van der Waals surface area contributed by atoms with Gasteiger partial charge in [-0.1, -0.05) is 18.2 Å². The number of aromatic nitrogens is 1. The lowest BCUT2D eigenvalue weighted by Crippen LogP contribution is -1.94. The quantitative estimate of drug-likeness (QED) is 0.768. The number of hydrogen-bond donors (Lipinski definition) is 0. The van der Waals surface area contributed by atoms with Crippen molar-refractivity contribution in [2.45, 2.75) is 12.8 Å². The van der Waals surface area contributed by atoms with E-state index in [1.165, 1.54) is 0 Å². The normalized spacial score (nSPS) is 10.3. The summed E-state index contributed by atoms with van der Waals surface area (Å²) >= 11 is 5.67. The Hall–Kier alpha value is -1.61. The predicted octanol–water partition coefficient (Wildman–Crippen LogP) is 4.06. The molecule has 0 fully saturated rings. The molecule has 4 heteroatoms. The van der Waals surface area contributed by atoms with E-state index in [0.717, 1.165) is 0 Å². The summed E-state index contributed by atoms with van der Waals surface area (Å²) in [6.07, 6.45) is 0. The highest BCUT2D eigenvalue weighted by atomic mass is 35.5. The Kier molecular flexibility index (Phi) is 3.59. The standard InChI is InChI=1S/C13H11ClFNO/c1-9-4-2-6-11(13(9)15)17-12-7-3-5-10(8-14)16-12/h2-7H,8H2,1H3. The van der Waals surface area contributed by atoms with E-state index in [-0.39, 0.29) is 11.6 Å². The van der Waals surface area contributed by atoms with Crippen molar-refractivity contribution < 1.29 is 9.13 Å². The molecule has 0 aliphatic rings. The van der Waals surface area contributed by atoms with E-state index in [2.05, 4.69) is 4.98 Å². The van der Waals surface area contributed by atoms with Gasteiger partial charge in [0.1, 0.15) is 0 Å². The van der Waals surface area contributed by atoms with E-state index in [0.29, 0.717) is 23.0 Å². The molecule has 0 bridgehead atoms. The first kappa shape index (κ1) is 11.9. The molecule has 0 radical (unpaired) electrons. The molecule has 0 spiro atoms. The van der Waals surface area contributed by atoms with Gasteiger partial charge in [0.15, 0.2) is 11.6 Å². The molecule has 2 rings (SSSR count). The number of ether oxygens (including phenoxy) is 1. The molecule has 0 N–H and O–H groups in total. The van der Waals surface area contributed by atoms with Crippen molar-refractivity contribution in [1.29, 1.82) is 0 Å². The number of halogens is 2. The van der Waals surface area contributed by atoms with Crippen molar-refractivity contribution in [1.82, 2.24) is 4.98 Å². The van der Waals surface area contributed by atoms with Crippen LogP contribution in [0.4, 0.5) is 4.39 Å². The van der Waals surface area contributed by atoms with Crippen LogP contribution in [0.25, 0.3) is 0 Å². The Morgan fingerprint density at radius 1 is 1.24 bits per heavy atom. The van der Waals surface area contributed by atoms with Crippen LogP contribution in [-0.4, -0.2) is 4.98 Å². The molecule has 1 aromatic heterocycles. The highest BCUT2D eigenvalue weighted by molar-refractivity contribution is 6.16. The summed E-state index contributed by atoms with van der Waals surface area (Å²) in [4.78, 5) is 4.14. The van der Waals surface area contributed by atoms with Gasteiger partial charge in [0, 0.05) is 6.07 Å². The Morgan fingerprint density at radius 3 is 2.76 bits per heavy atom. The van der Waals surface area contributed by atoms with Crippen LogP contribution in [0.5, 0.6) is 11.6 Å². The largest absolute Gasteiger partial charge is 0.436 e. The summed E-state index contributed by atoms with van der Waals surface area (Å²) in [5.41, 5.74) is 1.23. The summed E-state index contributed by atoms with van der Waals surface area (Å²) in [6, 6.07) is 10.2. The Balaban J connectivity index is 2.28. The smallest absolute Gasteiger partial charge is 0.219 e. The van der Waals surface area contributed by atoms with Crippen LogP contribution in [0.1, 0.15) is 11.3 Å². The zero-order valence-corrected chi connectivity index (χ0v) is 10.0. The summed E-state index contributed by atoms with van der Waals surface area (Å²) in [7, 11) is 0. The number of benzene rings is 1. The molecule has 2 aromatic rings. The summed E-state index contributed by atoms with van der Waals surface area (Å²) in [5, 5.41) is 0. The Labute approximate surface area is 104 Å². The van der Waals surface area contributed by atoms with Crippen molar-refractivity contribution in [2.75, 3.05) is 0 Å². The molecule has 0 unspecified atom stereocenters. The third-order valence-corrected chi connectivity index (χ3v) is 2.56. The molecule has 2 nitrogen and oxygen atoms in total. The molecule has 0 amide bonds. The van der Waals surface area contributed by atoms with Crippen LogP contribution in [0, 0.1) is 12.7 Å². The molecule has 0 aliphatic carbocycles. The second kappa shape index (κ2) is 5.15. The molecule has 0 aliphatic heterocycles. The van der Waals surface area contributed by atoms with Crippen LogP contribution in [0.3, 0.4) is 0 Å². The lowest BCUT2D eigenvalue weighted by Gasteiger charge is -2.07. The number of aryl methyl sites for hydroxylation is 1. The number of nitrogens with zero attached hydrogens (tertiary/aromatic N) is 1. The number of pyridine rings is 1. The van der Waals surface area contributed by atoms with Crippen LogP contribution < -0.4 is 4.74 Å². The molecule has 88 valence electrons. The molecular formula is C13H11ClFNO. The third kappa shape index (κ3) is 2.74. The summed E-state index contributed by atoms with van der Waals surface area (Å²) in [5.74, 6) is 0.440. The molecular weight excluding hydrogens is 241 g/mol. The minimum Gasteiger partial charge on any atom is -0.436 e. The van der Waals surface area contributed by atoms with E-state index in [9.17, 15) is 4.39 Å². The van der Waals surface area contributed by atoms with Gasteiger partial charge in [-0.15, -0.1) is 11.6 Å². The van der Waals surface area contributed by atoms with E-state index in [1.807, 2.05) is 0 Å². The zero-order chi connectivity index (χ0) is 12.3. The fourth-order valence-corrected chi connectivity index (χ4v) is 1.55. The van der Waals surface area contributed by atoms with E-state index in [1.54, 1.807) is 43.3 Å². The lowest BCUT2D eigenvalue weighted by atomic mass is 10.2. The van der Waals surface area contributed by atoms with E-state index in [4.69, 9.17) is 16.3 Å². The van der Waals surface area contributed by atoms with Gasteiger partial charge in [0.25, 0.3) is 0 Å². The maximum Gasteiger partial charge on any atom is 0.219 e. The minimum atomic E-state index is -0.370. The topological polar surface area (TPSA) is 22.1 Å². The second-order valence-electron chi connectivity index (χ2n) is 3.59. The van der Waals surface area contributed by atoms with Gasteiger partial charge in [-0.2, -0.15) is 0 Å². The Morgan fingerprint density at radius 2 is 2.00 bits per heavy atom. The third-order valence-electron chi connectivity index (χ3n) is 2.29. The number of alkyl halides is 1. The van der Waals surface area contributed by atoms with Crippen molar-refractivity contribution in [3.8, 4) is 11.6 Å². The first-order valence-electron chi connectivity index (χ1n) is 5.15. The summed E-state index contributed by atoms with van der Waals surface area (Å²) in [6.45, 7) is 1.69. The second-order valence-corrected chi connectivity index (χ2v) is 3.86. The fraction of sp³-hybridized carbons (Fsp3) is 0.154. The molecule has 1 aromatic carbocycles. The Bertz CT molecular complexity index is 531. The van der Waals surface area contributed by atoms with Crippen molar-refractivity contribution >= 4 is 11.6 Å². The van der Waals surface area contributed by atoms with Crippen molar-refractivity contribution in [3.05, 3.63) is 53.5 Å². The first-order chi connectivity index (χ1) is 8.20. The molecule has 1 heterocycles. The first-order valence-corrected chi connectivity index (χ1v) is 5.69. The highest BCUT2D eigenvalue weighted by Gasteiger charge is 2.07. The lowest BCUT2D eigenvalue weighted by molar-refractivity contribution is 0.424. The maximum absolute atomic E-state index is 13.7. The van der Waals surface area contributed by atoms with Crippen LogP contribution >= 0.6 is 11.6 Å². The van der Waals surface area contributed by atoms with Gasteiger partial charge in [-0.25, -0.2) is 9.37 Å². The van der Waals surface area contributed by atoms with Crippen LogP contribution in [0.15, 0.2) is 36.4 Å². The average molecular weight is 252 g/mol. The van der Waals surface area contributed by atoms with Crippen molar-refractivity contribution in [3.63, 3.8) is 0 Å². The molecule has 0 atom stereocenters. The zero-order valence-electron chi connectivity index (χ0n) is 9.28. The predicted molar refractivity (Wildman–Crippen MR) is 65.0 cm³/mol. The van der Waals surface area contributed by atoms with Gasteiger partial charge >= 0.3 is 0 Å². The van der Waals surface area contributed by atoms with Gasteiger partial charge in [0.05, 0.1) is 11.6 Å². The minimum absolute atomic E-state index is 0.171. The van der Waals surface area contributed by atoms with Crippen molar-refractivity contribution in [2.24, 2.45) is 0 Å². The van der Waals surface area contributed by atoms with Gasteiger partial charge in [0.2, 0.25) is 5.88 Å². The number of hydrogen-bond acceptors (Lipinski definition) is 2. The van der Waals surface area contributed by atoms with Crippen LogP contribution in [-0.2, 0) is 5.88 Å². The molecule has 17 heavy (non-hydrogen) atoms. The summed E-state index contributed by atoms with van der Waals surface area (Å²) < 4.78 is 19.1. The van der Waals surface area contributed by atoms with E-state index >= 15 is 0 Å². The highest BCUT2D eigenvalue weighted by Crippen LogP contribution is 2.25. The SMILES string of the molecule is Cc1cccc(Oc2cccc(CCl)n2)c1F. The fourth-order valence-electron chi connectivity index (χ4n) is 1.40. The maximum atomic E-state index is 13.7. The number of rotatable bonds is 3. The van der Waals surface area contributed by atoms with Gasteiger partial charge in [-0.3, -0.25) is 0 Å². The van der Waals surface area contributed by atoms with Gasteiger partial charge < -0.3 is 4.74 Å². The van der Waals surface area contributed by atoms with E-state index < -0.39 is 0 Å². The molecule has 0 saturated heterocycles. The molecule has 0 saturated carbocycles. The monoisotopic (exact) mass is 251 g/mol. The average Bonchev–Trinajstić information content (AvgIpc) is 2.35. The van der Waals surface area contributed by atoms with Crippen LogP contribution in [0.2, 0.25) is 0 Å². The van der Waals surface area contributed by atoms with Gasteiger partial charge in [-0.05, 0) is 24.6 Å².